The van der Waals surface area contributed by atoms with Gasteiger partial charge in [-0.15, -0.1) is 11.3 Å². The number of thiazole rings is 2. The third-order valence-corrected chi connectivity index (χ3v) is 6.44. The molecule has 0 amide bonds. The number of hydrogen-bond acceptors (Lipinski definition) is 11. The number of aromatic nitrogens is 2. The van der Waals surface area contributed by atoms with E-state index in [1.165, 1.54) is 24.6 Å². The summed E-state index contributed by atoms with van der Waals surface area (Å²) in [6.45, 7) is 0. The van der Waals surface area contributed by atoms with Crippen molar-refractivity contribution in [3.8, 4) is 11.3 Å². The van der Waals surface area contributed by atoms with Crippen LogP contribution in [0.15, 0.2) is 82.4 Å². The zero-order valence-electron chi connectivity index (χ0n) is 18.8. The third-order valence-electron chi connectivity index (χ3n) is 4.65. The van der Waals surface area contributed by atoms with Gasteiger partial charge in [0.15, 0.2) is 12.0 Å². The van der Waals surface area contributed by atoms with Gasteiger partial charge in [0.2, 0.25) is 10.3 Å². The van der Waals surface area contributed by atoms with Gasteiger partial charge in [-0.1, -0.05) is 72.0 Å². The molecule has 0 unspecified atom stereocenters. The zero-order chi connectivity index (χ0) is 24.6. The average Bonchev–Trinajstić information content (AvgIpc) is 3.59. The summed E-state index contributed by atoms with van der Waals surface area (Å²) >= 11 is 2.50. The predicted molar refractivity (Wildman–Crippen MR) is 140 cm³/mol. The molecule has 0 aliphatic heterocycles. The monoisotopic (exact) mass is 504 g/mol. The van der Waals surface area contributed by atoms with Gasteiger partial charge in [-0.3, -0.25) is 10.2 Å². The molecule has 0 saturated heterocycles. The Morgan fingerprint density at radius 2 is 1.83 bits per heavy atom. The van der Waals surface area contributed by atoms with Crippen LogP contribution in [0.25, 0.3) is 11.3 Å². The molecule has 0 fully saturated rings. The van der Waals surface area contributed by atoms with Gasteiger partial charge >= 0.3 is 5.97 Å². The first-order valence-corrected chi connectivity index (χ1v) is 12.0. The summed E-state index contributed by atoms with van der Waals surface area (Å²) < 4.78 is 4.69. The molecule has 35 heavy (non-hydrogen) atoms. The van der Waals surface area contributed by atoms with E-state index in [9.17, 15) is 9.59 Å². The van der Waals surface area contributed by atoms with E-state index in [-0.39, 0.29) is 5.71 Å². The molecular weight excluding hydrogens is 484 g/mol. The number of esters is 1. The van der Waals surface area contributed by atoms with Crippen molar-refractivity contribution < 1.29 is 14.3 Å². The van der Waals surface area contributed by atoms with Crippen LogP contribution < -0.4 is 10.4 Å². The third kappa shape index (κ3) is 5.83. The molecule has 4 aromatic rings. The number of rotatable bonds is 9. The highest BCUT2D eigenvalue weighted by molar-refractivity contribution is 7.17. The first kappa shape index (κ1) is 23.9. The number of hydrazone groups is 2. The van der Waals surface area contributed by atoms with Crippen molar-refractivity contribution in [2.24, 2.45) is 10.2 Å². The van der Waals surface area contributed by atoms with Crippen LogP contribution in [0.3, 0.4) is 0 Å². The van der Waals surface area contributed by atoms with E-state index in [0.29, 0.717) is 32.7 Å². The Kier molecular flexibility index (Phi) is 7.70. The minimum atomic E-state index is -0.498. The summed E-state index contributed by atoms with van der Waals surface area (Å²) in [5.74, 6) is -0.498. The summed E-state index contributed by atoms with van der Waals surface area (Å²) in [5.41, 5.74) is 5.66. The minimum absolute atomic E-state index is 0.0534. The van der Waals surface area contributed by atoms with Gasteiger partial charge in [-0.25, -0.2) is 19.8 Å². The molecule has 9 nitrogen and oxygen atoms in total. The number of aldehydes is 1. The fourth-order valence-corrected chi connectivity index (χ4v) is 4.39. The van der Waals surface area contributed by atoms with E-state index in [0.717, 1.165) is 22.6 Å². The molecule has 0 saturated carbocycles. The Labute approximate surface area is 209 Å². The number of benzene rings is 2. The Bertz CT molecular complexity index is 1370. The van der Waals surface area contributed by atoms with E-state index in [1.54, 1.807) is 12.1 Å². The molecule has 2 aromatic heterocycles. The highest BCUT2D eigenvalue weighted by atomic mass is 32.1. The number of methoxy groups -OCH3 is 1. The summed E-state index contributed by atoms with van der Waals surface area (Å²) in [6, 6.07) is 19.1. The van der Waals surface area contributed by atoms with Gasteiger partial charge in [-0.05, 0) is 0 Å². The number of ether oxygens (including phenoxy) is 1. The van der Waals surface area contributed by atoms with Crippen LogP contribution in [0.5, 0.6) is 0 Å². The Balaban J connectivity index is 1.64. The summed E-state index contributed by atoms with van der Waals surface area (Å²) in [6.07, 6.45) is 1.99. The molecular formula is C24H20N6O3S2. The quantitative estimate of drug-likeness (QED) is 0.154. The maximum Gasteiger partial charge on any atom is 0.349 e. The summed E-state index contributed by atoms with van der Waals surface area (Å²) in [7, 11) is 3.05. The van der Waals surface area contributed by atoms with Gasteiger partial charge in [-0.2, -0.15) is 10.2 Å². The van der Waals surface area contributed by atoms with Crippen molar-refractivity contribution in [2.75, 3.05) is 24.6 Å². The smallest absolute Gasteiger partial charge is 0.349 e. The van der Waals surface area contributed by atoms with E-state index in [4.69, 9.17) is 4.74 Å². The van der Waals surface area contributed by atoms with Crippen molar-refractivity contribution >= 4 is 56.6 Å². The molecule has 0 aliphatic carbocycles. The van der Waals surface area contributed by atoms with Crippen LogP contribution in [0.2, 0.25) is 0 Å². The summed E-state index contributed by atoms with van der Waals surface area (Å²) in [4.78, 5) is 32.8. The highest BCUT2D eigenvalue weighted by Crippen LogP contribution is 2.27. The Hall–Kier alpha value is -4.22. The normalized spacial score (nSPS) is 11.7. The van der Waals surface area contributed by atoms with Gasteiger partial charge in [0, 0.05) is 23.6 Å². The van der Waals surface area contributed by atoms with Crippen LogP contribution in [0, 0.1) is 0 Å². The fraction of sp³-hybridized carbons (Fsp3) is 0.0833. The molecule has 1 N–H and O–H groups in total. The molecule has 0 aliphatic rings. The molecule has 0 atom stereocenters. The maximum atomic E-state index is 12.0. The largest absolute Gasteiger partial charge is 0.465 e. The second-order valence-electron chi connectivity index (χ2n) is 6.97. The standard InChI is InChI=1S/C24H20N6O3S2/c1-30(24-26-19(15-34-24)16-9-5-3-6-10-16)29-21(17-11-7-4-8-12-17)18(14-31)27-28-23-25-13-20(35-23)22(32)33-2/h3-15H,1-2H3,(H,25,28)/b27-18-,29-21-. The molecule has 2 heterocycles. The second-order valence-corrected chi connectivity index (χ2v) is 8.83. The van der Waals surface area contributed by atoms with Gasteiger partial charge < -0.3 is 4.74 Å². The number of nitrogens with one attached hydrogen (secondary N) is 1. The Morgan fingerprint density at radius 3 is 2.51 bits per heavy atom. The van der Waals surface area contributed by atoms with E-state index in [2.05, 4.69) is 25.6 Å². The van der Waals surface area contributed by atoms with Crippen LogP contribution in [-0.4, -0.2) is 47.8 Å². The SMILES string of the molecule is COC(=O)c1cnc(N/N=C(C=O)\C(=N/N(C)c2nc(-c3ccccc3)cs2)c2ccccc2)s1. The molecule has 0 spiro atoms. The lowest BCUT2D eigenvalue weighted by molar-refractivity contribution is -0.102. The number of carbonyl (C=O) groups is 2. The minimum Gasteiger partial charge on any atom is -0.465 e. The molecule has 2 aromatic carbocycles. The molecule has 0 bridgehead atoms. The van der Waals surface area contributed by atoms with Gasteiger partial charge in [0.25, 0.3) is 0 Å². The number of anilines is 2. The average molecular weight is 505 g/mol. The zero-order valence-corrected chi connectivity index (χ0v) is 20.4. The van der Waals surface area contributed by atoms with Crippen LogP contribution in [-0.2, 0) is 9.53 Å². The van der Waals surface area contributed by atoms with Crippen molar-refractivity contribution in [2.45, 2.75) is 0 Å². The molecule has 176 valence electrons. The number of nitrogens with zero attached hydrogens (tertiary/aromatic N) is 5. The van der Waals surface area contributed by atoms with Crippen molar-refractivity contribution in [1.82, 2.24) is 9.97 Å². The fourth-order valence-electron chi connectivity index (χ4n) is 2.96. The first-order valence-electron chi connectivity index (χ1n) is 10.3. The number of carbonyl (C=O) groups excluding carboxylic acids is 2. The van der Waals surface area contributed by atoms with Crippen molar-refractivity contribution in [3.63, 3.8) is 0 Å². The van der Waals surface area contributed by atoms with Gasteiger partial charge in [0.05, 0.1) is 19.0 Å². The van der Waals surface area contributed by atoms with Crippen LogP contribution in [0.4, 0.5) is 10.3 Å². The van der Waals surface area contributed by atoms with E-state index < -0.39 is 5.97 Å². The van der Waals surface area contributed by atoms with Crippen LogP contribution in [0.1, 0.15) is 15.2 Å². The molecule has 4 rings (SSSR count). The van der Waals surface area contributed by atoms with E-state index in [1.807, 2.05) is 66.0 Å². The highest BCUT2D eigenvalue weighted by Gasteiger charge is 2.16. The lowest BCUT2D eigenvalue weighted by Crippen LogP contribution is -2.23. The lowest BCUT2D eigenvalue weighted by atomic mass is 10.1. The topological polar surface area (TPSA) is 109 Å². The van der Waals surface area contributed by atoms with Crippen molar-refractivity contribution in [1.29, 1.82) is 0 Å². The van der Waals surface area contributed by atoms with E-state index >= 15 is 0 Å². The lowest BCUT2D eigenvalue weighted by Gasteiger charge is -2.13. The maximum absolute atomic E-state index is 12.0. The first-order chi connectivity index (χ1) is 17.1. The van der Waals surface area contributed by atoms with Crippen molar-refractivity contribution in [3.05, 3.63) is 82.7 Å². The van der Waals surface area contributed by atoms with Gasteiger partial charge in [0.1, 0.15) is 10.6 Å². The molecule has 11 heteroatoms. The van der Waals surface area contributed by atoms with Crippen LogP contribution >= 0.6 is 22.7 Å². The molecule has 0 radical (unpaired) electrons. The number of hydrogen-bond donors (Lipinski definition) is 1. The predicted octanol–water partition coefficient (Wildman–Crippen LogP) is 4.56. The summed E-state index contributed by atoms with van der Waals surface area (Å²) in [5, 5.41) is 13.4. The Morgan fingerprint density at radius 1 is 1.11 bits per heavy atom. The second kappa shape index (κ2) is 11.3.